The first-order chi connectivity index (χ1) is 4.39. The van der Waals surface area contributed by atoms with Crippen molar-refractivity contribution in [3.8, 4) is 0 Å². The molecule has 0 amide bonds. The van der Waals surface area contributed by atoms with Gasteiger partial charge in [0.2, 0.25) is 0 Å². The summed E-state index contributed by atoms with van der Waals surface area (Å²) in [5, 5.41) is 0. The second-order valence-electron chi connectivity index (χ2n) is 3.97. The Kier molecular flexibility index (Phi) is 3.10. The Morgan fingerprint density at radius 1 is 1.40 bits per heavy atom. The molecule has 0 aromatic rings. The van der Waals surface area contributed by atoms with E-state index < -0.39 is 0 Å². The Morgan fingerprint density at radius 2 is 1.80 bits per heavy atom. The van der Waals surface area contributed by atoms with Crippen LogP contribution in [0.15, 0.2) is 12.7 Å². The molecule has 0 saturated heterocycles. The largest absolute Gasteiger partial charge is 0.324 e. The molecule has 0 spiro atoms. The lowest BCUT2D eigenvalue weighted by Crippen LogP contribution is -2.34. The van der Waals surface area contributed by atoms with Gasteiger partial charge in [0.05, 0.1) is 0 Å². The molecule has 0 heterocycles. The summed E-state index contributed by atoms with van der Waals surface area (Å²) in [6, 6.07) is 0.125. The second-order valence-corrected chi connectivity index (χ2v) is 3.97. The molecule has 0 aromatic heterocycles. The molecule has 10 heavy (non-hydrogen) atoms. The van der Waals surface area contributed by atoms with Crippen LogP contribution in [0.3, 0.4) is 0 Å². The van der Waals surface area contributed by atoms with Crippen molar-refractivity contribution in [1.82, 2.24) is 0 Å². The van der Waals surface area contributed by atoms with E-state index in [9.17, 15) is 0 Å². The molecular weight excluding hydrogens is 122 g/mol. The van der Waals surface area contributed by atoms with Crippen LogP contribution in [0.25, 0.3) is 0 Å². The molecule has 0 fully saturated rings. The van der Waals surface area contributed by atoms with Crippen LogP contribution in [0, 0.1) is 11.3 Å². The highest BCUT2D eigenvalue weighted by molar-refractivity contribution is 4.90. The third-order valence-corrected chi connectivity index (χ3v) is 2.22. The quantitative estimate of drug-likeness (QED) is 0.586. The number of nitrogens with two attached hydrogens (primary N) is 1. The van der Waals surface area contributed by atoms with Crippen LogP contribution < -0.4 is 5.73 Å². The van der Waals surface area contributed by atoms with Crippen LogP contribution in [0.5, 0.6) is 0 Å². The van der Waals surface area contributed by atoms with Crippen LogP contribution in [-0.2, 0) is 0 Å². The first-order valence-electron chi connectivity index (χ1n) is 3.77. The maximum Gasteiger partial charge on any atom is 0.0252 e. The highest BCUT2D eigenvalue weighted by Gasteiger charge is 2.23. The Bertz CT molecular complexity index is 110. The summed E-state index contributed by atoms with van der Waals surface area (Å²) in [5.41, 5.74) is 6.07. The lowest BCUT2D eigenvalue weighted by atomic mass is 9.78. The van der Waals surface area contributed by atoms with Crippen LogP contribution in [0.2, 0.25) is 0 Å². The molecule has 1 nitrogen and oxygen atoms in total. The van der Waals surface area contributed by atoms with Gasteiger partial charge in [-0.05, 0) is 11.3 Å². The third kappa shape index (κ3) is 2.53. The maximum absolute atomic E-state index is 5.78. The summed E-state index contributed by atoms with van der Waals surface area (Å²) in [6.07, 6.45) is 1.82. The highest BCUT2D eigenvalue weighted by atomic mass is 14.6. The van der Waals surface area contributed by atoms with Gasteiger partial charge in [0.1, 0.15) is 0 Å². The van der Waals surface area contributed by atoms with Crippen LogP contribution in [-0.4, -0.2) is 6.04 Å². The van der Waals surface area contributed by atoms with Crippen molar-refractivity contribution in [3.05, 3.63) is 12.7 Å². The first-order valence-corrected chi connectivity index (χ1v) is 3.77. The molecule has 0 saturated carbocycles. The third-order valence-electron chi connectivity index (χ3n) is 2.22. The van der Waals surface area contributed by atoms with Gasteiger partial charge in [-0.1, -0.05) is 33.8 Å². The average Bonchev–Trinajstić information content (AvgIpc) is 1.83. The topological polar surface area (TPSA) is 26.0 Å². The monoisotopic (exact) mass is 141 g/mol. The summed E-state index contributed by atoms with van der Waals surface area (Å²) in [7, 11) is 0. The van der Waals surface area contributed by atoms with Crippen LogP contribution in [0.4, 0.5) is 0 Å². The van der Waals surface area contributed by atoms with E-state index in [0.717, 1.165) is 0 Å². The number of hydrogen-bond acceptors (Lipinski definition) is 1. The Hall–Kier alpha value is -0.300. The van der Waals surface area contributed by atoms with Gasteiger partial charge < -0.3 is 5.73 Å². The van der Waals surface area contributed by atoms with Crippen molar-refractivity contribution in [2.75, 3.05) is 0 Å². The van der Waals surface area contributed by atoms with E-state index in [-0.39, 0.29) is 11.5 Å². The maximum atomic E-state index is 5.78. The van der Waals surface area contributed by atoms with Gasteiger partial charge >= 0.3 is 0 Å². The van der Waals surface area contributed by atoms with Crippen molar-refractivity contribution < 1.29 is 0 Å². The molecule has 2 atom stereocenters. The summed E-state index contributed by atoms with van der Waals surface area (Å²) in [4.78, 5) is 0. The molecule has 0 aromatic carbocycles. The minimum Gasteiger partial charge on any atom is -0.324 e. The van der Waals surface area contributed by atoms with E-state index in [1.807, 2.05) is 6.08 Å². The van der Waals surface area contributed by atoms with Gasteiger partial charge in [-0.25, -0.2) is 0 Å². The molecule has 0 rings (SSSR count). The summed E-state index contributed by atoms with van der Waals surface area (Å²) in [5.74, 6) is 0.491. The predicted octanol–water partition coefficient (Wildman–Crippen LogP) is 2.18. The molecule has 1 heteroatoms. The first kappa shape index (κ1) is 9.70. The normalized spacial score (nSPS) is 18.1. The van der Waals surface area contributed by atoms with Gasteiger partial charge in [0.15, 0.2) is 0 Å². The average molecular weight is 141 g/mol. The summed E-state index contributed by atoms with van der Waals surface area (Å²) >= 11 is 0. The van der Waals surface area contributed by atoms with Gasteiger partial charge in [0.25, 0.3) is 0 Å². The van der Waals surface area contributed by atoms with Gasteiger partial charge in [-0.15, -0.1) is 6.58 Å². The van der Waals surface area contributed by atoms with Crippen LogP contribution >= 0.6 is 0 Å². The molecule has 60 valence electrons. The second kappa shape index (κ2) is 3.20. The van der Waals surface area contributed by atoms with Gasteiger partial charge in [-0.2, -0.15) is 0 Å². The zero-order valence-electron chi connectivity index (χ0n) is 7.52. The minimum atomic E-state index is 0.125. The molecule has 0 aliphatic carbocycles. The van der Waals surface area contributed by atoms with Gasteiger partial charge in [0, 0.05) is 6.04 Å². The van der Waals surface area contributed by atoms with Crippen molar-refractivity contribution in [1.29, 1.82) is 0 Å². The standard InChI is InChI=1S/C9H19N/c1-6-8(10)7(2)9(3,4)5/h6-8H,1,10H2,2-5H3/t7-,8+/m0/s1. The zero-order chi connectivity index (χ0) is 8.36. The lowest BCUT2D eigenvalue weighted by Gasteiger charge is -2.30. The van der Waals surface area contributed by atoms with Crippen molar-refractivity contribution >= 4 is 0 Å². The van der Waals surface area contributed by atoms with E-state index in [1.54, 1.807) is 0 Å². The van der Waals surface area contributed by atoms with E-state index in [4.69, 9.17) is 5.73 Å². The van der Waals surface area contributed by atoms with E-state index in [0.29, 0.717) is 5.92 Å². The van der Waals surface area contributed by atoms with Crippen molar-refractivity contribution in [3.63, 3.8) is 0 Å². The lowest BCUT2D eigenvalue weighted by molar-refractivity contribution is 0.242. The molecular formula is C9H19N. The Labute approximate surface area is 64.3 Å². The number of rotatable bonds is 2. The number of hydrogen-bond donors (Lipinski definition) is 1. The predicted molar refractivity (Wildman–Crippen MR) is 46.8 cm³/mol. The van der Waals surface area contributed by atoms with Crippen molar-refractivity contribution in [2.45, 2.75) is 33.7 Å². The molecule has 0 aliphatic heterocycles. The Morgan fingerprint density at radius 3 is 1.90 bits per heavy atom. The molecule has 2 N–H and O–H groups in total. The molecule has 0 radical (unpaired) electrons. The molecule has 0 aliphatic rings. The van der Waals surface area contributed by atoms with Crippen LogP contribution in [0.1, 0.15) is 27.7 Å². The summed E-state index contributed by atoms with van der Waals surface area (Å²) in [6.45, 7) is 12.4. The SMILES string of the molecule is C=C[C@@H](N)[C@H](C)C(C)(C)C. The fourth-order valence-electron chi connectivity index (χ4n) is 0.781. The van der Waals surface area contributed by atoms with E-state index >= 15 is 0 Å². The Balaban J connectivity index is 4.07. The fourth-order valence-corrected chi connectivity index (χ4v) is 0.781. The van der Waals surface area contributed by atoms with E-state index in [1.165, 1.54) is 0 Å². The van der Waals surface area contributed by atoms with E-state index in [2.05, 4.69) is 34.3 Å². The molecule has 0 unspecified atom stereocenters. The zero-order valence-corrected chi connectivity index (χ0v) is 7.52. The van der Waals surface area contributed by atoms with Gasteiger partial charge in [-0.3, -0.25) is 0 Å². The highest BCUT2D eigenvalue weighted by Crippen LogP contribution is 2.27. The van der Waals surface area contributed by atoms with Crippen molar-refractivity contribution in [2.24, 2.45) is 17.1 Å². The molecule has 0 bridgehead atoms. The fraction of sp³-hybridized carbons (Fsp3) is 0.778. The smallest absolute Gasteiger partial charge is 0.0252 e. The summed E-state index contributed by atoms with van der Waals surface area (Å²) < 4.78 is 0. The minimum absolute atomic E-state index is 0.125.